The lowest BCUT2D eigenvalue weighted by atomic mass is 9.83. The quantitative estimate of drug-likeness (QED) is 0.604. The molecule has 2 bridgehead atoms. The highest BCUT2D eigenvalue weighted by atomic mass is 19.1. The van der Waals surface area contributed by atoms with Gasteiger partial charge in [-0.25, -0.2) is 9.18 Å². The van der Waals surface area contributed by atoms with E-state index in [1.165, 1.54) is 12.3 Å². The Bertz CT molecular complexity index is 1300. The summed E-state index contributed by atoms with van der Waals surface area (Å²) in [6, 6.07) is 8.05. The number of hydrogen-bond acceptors (Lipinski definition) is 7. The fourth-order valence-corrected chi connectivity index (χ4v) is 6.42. The molecule has 3 aliphatic heterocycles. The number of amides is 1. The van der Waals surface area contributed by atoms with Gasteiger partial charge in [0.2, 0.25) is 5.91 Å². The minimum absolute atomic E-state index is 0.0752. The molecule has 1 aliphatic carbocycles. The van der Waals surface area contributed by atoms with E-state index < -0.39 is 17.5 Å². The summed E-state index contributed by atoms with van der Waals surface area (Å²) >= 11 is 0. The Kier molecular flexibility index (Phi) is 5.97. The number of nitriles is 1. The Morgan fingerprint density at radius 1 is 1.35 bits per heavy atom. The van der Waals surface area contributed by atoms with Gasteiger partial charge in [0, 0.05) is 55.7 Å². The van der Waals surface area contributed by atoms with Gasteiger partial charge in [-0.05, 0) is 49.9 Å². The molecule has 37 heavy (non-hydrogen) atoms. The highest BCUT2D eigenvalue weighted by Crippen LogP contribution is 2.44. The number of aromatic nitrogens is 1. The van der Waals surface area contributed by atoms with Gasteiger partial charge in [-0.2, -0.15) is 5.26 Å². The average molecular weight is 504 g/mol. The number of pyridine rings is 1. The third-order valence-electron chi connectivity index (χ3n) is 8.59. The number of likely N-dealkylation sites (tertiary alicyclic amines) is 1. The van der Waals surface area contributed by atoms with Crippen molar-refractivity contribution in [3.63, 3.8) is 0 Å². The number of nitrogens with one attached hydrogen (secondary N) is 2. The van der Waals surface area contributed by atoms with E-state index in [0.29, 0.717) is 47.2 Å². The Morgan fingerprint density at radius 3 is 2.84 bits per heavy atom. The van der Waals surface area contributed by atoms with Crippen molar-refractivity contribution in [3.05, 3.63) is 53.0 Å². The van der Waals surface area contributed by atoms with E-state index in [9.17, 15) is 14.9 Å². The van der Waals surface area contributed by atoms with E-state index in [1.807, 2.05) is 13.1 Å². The Balaban J connectivity index is 1.18. The zero-order valence-electron chi connectivity index (χ0n) is 20.8. The predicted molar refractivity (Wildman–Crippen MR) is 133 cm³/mol. The highest BCUT2D eigenvalue weighted by Gasteiger charge is 2.47. The monoisotopic (exact) mass is 503 g/mol. The highest BCUT2D eigenvalue weighted by molar-refractivity contribution is 5.95. The zero-order chi connectivity index (χ0) is 25.7. The second-order valence-electron chi connectivity index (χ2n) is 10.9. The first-order valence-corrected chi connectivity index (χ1v) is 13.0. The summed E-state index contributed by atoms with van der Waals surface area (Å²) in [5, 5.41) is 15.7. The largest absolute Gasteiger partial charge is 0.450 e. The third-order valence-corrected chi connectivity index (χ3v) is 8.59. The molecule has 4 heterocycles. The van der Waals surface area contributed by atoms with Gasteiger partial charge in [0.05, 0.1) is 23.4 Å². The molecule has 2 saturated heterocycles. The van der Waals surface area contributed by atoms with Crippen molar-refractivity contribution in [1.82, 2.24) is 20.5 Å². The first kappa shape index (κ1) is 24.0. The minimum Gasteiger partial charge on any atom is -0.450 e. The maximum atomic E-state index is 15.2. The summed E-state index contributed by atoms with van der Waals surface area (Å²) in [4.78, 5) is 31.8. The summed E-state index contributed by atoms with van der Waals surface area (Å²) in [5.74, 6) is -0.689. The third kappa shape index (κ3) is 4.28. The van der Waals surface area contributed by atoms with E-state index in [2.05, 4.69) is 26.6 Å². The summed E-state index contributed by atoms with van der Waals surface area (Å²) < 4.78 is 21.0. The Morgan fingerprint density at radius 2 is 2.16 bits per heavy atom. The molecule has 2 aromatic rings. The fourth-order valence-electron chi connectivity index (χ4n) is 6.42. The first-order chi connectivity index (χ1) is 17.8. The second kappa shape index (κ2) is 9.19. The molecule has 1 spiro atoms. The molecular weight excluding hydrogens is 473 g/mol. The van der Waals surface area contributed by atoms with Crippen LogP contribution in [0.1, 0.15) is 53.6 Å². The van der Waals surface area contributed by atoms with Crippen LogP contribution in [0.4, 0.5) is 4.39 Å². The first-order valence-electron chi connectivity index (χ1n) is 13.0. The molecular formula is C28H30FN5O3. The molecule has 0 radical (unpaired) electrons. The predicted octanol–water partition coefficient (Wildman–Crippen LogP) is 2.67. The van der Waals surface area contributed by atoms with Crippen LogP contribution in [0.2, 0.25) is 0 Å². The molecule has 6 rings (SSSR count). The molecule has 192 valence electrons. The van der Waals surface area contributed by atoms with Crippen LogP contribution in [0.15, 0.2) is 30.5 Å². The van der Waals surface area contributed by atoms with E-state index in [4.69, 9.17) is 4.74 Å². The number of carbonyl (C=O) groups is 2. The van der Waals surface area contributed by atoms with Gasteiger partial charge in [0.15, 0.2) is 0 Å². The van der Waals surface area contributed by atoms with Crippen LogP contribution < -0.4 is 10.6 Å². The summed E-state index contributed by atoms with van der Waals surface area (Å²) in [6.07, 6.45) is 6.13. The Hall–Kier alpha value is -3.35. The van der Waals surface area contributed by atoms with E-state index in [0.717, 1.165) is 37.9 Å². The van der Waals surface area contributed by atoms with E-state index in [-0.39, 0.29) is 24.3 Å². The van der Waals surface area contributed by atoms with E-state index >= 15 is 4.39 Å². The van der Waals surface area contributed by atoms with Gasteiger partial charge in [-0.3, -0.25) is 9.78 Å². The van der Waals surface area contributed by atoms with E-state index in [1.54, 1.807) is 12.1 Å². The van der Waals surface area contributed by atoms with Crippen molar-refractivity contribution in [2.24, 2.45) is 5.92 Å². The van der Waals surface area contributed by atoms with Gasteiger partial charge in [0.1, 0.15) is 17.5 Å². The summed E-state index contributed by atoms with van der Waals surface area (Å²) in [5.41, 5.74) is 2.14. The number of carbonyl (C=O) groups excluding carboxylic acids is 2. The van der Waals surface area contributed by atoms with Crippen LogP contribution in [0.3, 0.4) is 0 Å². The number of ether oxygens (including phenoxy) is 1. The lowest BCUT2D eigenvalue weighted by molar-refractivity contribution is -0.124. The molecule has 8 nitrogen and oxygen atoms in total. The van der Waals surface area contributed by atoms with Crippen LogP contribution in [0.5, 0.6) is 0 Å². The number of rotatable bonds is 5. The molecule has 1 saturated carbocycles. The van der Waals surface area contributed by atoms with Crippen LogP contribution in [0, 0.1) is 23.1 Å². The van der Waals surface area contributed by atoms with Crippen molar-refractivity contribution < 1.29 is 18.7 Å². The van der Waals surface area contributed by atoms with Crippen molar-refractivity contribution >= 4 is 11.9 Å². The number of fused-ring (bicyclic) bond motifs is 4. The molecule has 1 amide bonds. The van der Waals surface area contributed by atoms with Crippen molar-refractivity contribution in [1.29, 1.82) is 5.26 Å². The van der Waals surface area contributed by atoms with Gasteiger partial charge in [-0.15, -0.1) is 0 Å². The lowest BCUT2D eigenvalue weighted by Gasteiger charge is -2.37. The van der Waals surface area contributed by atoms with Gasteiger partial charge in [0.25, 0.3) is 0 Å². The van der Waals surface area contributed by atoms with Crippen LogP contribution in [0.25, 0.3) is 11.3 Å². The maximum absolute atomic E-state index is 15.2. The van der Waals surface area contributed by atoms with Crippen molar-refractivity contribution in [2.75, 3.05) is 20.1 Å². The topological polar surface area (TPSA) is 107 Å². The number of hydrogen-bond donors (Lipinski definition) is 2. The summed E-state index contributed by atoms with van der Waals surface area (Å²) in [7, 11) is 2.05. The van der Waals surface area contributed by atoms with Gasteiger partial charge >= 0.3 is 5.97 Å². The van der Waals surface area contributed by atoms with Crippen LogP contribution in [-0.4, -0.2) is 60.0 Å². The van der Waals surface area contributed by atoms with Crippen LogP contribution >= 0.6 is 0 Å². The maximum Gasteiger partial charge on any atom is 0.341 e. The number of nitrogens with zero attached hydrogens (tertiary/aromatic N) is 3. The van der Waals surface area contributed by atoms with Gasteiger partial charge in [-0.1, -0.05) is 12.1 Å². The molecule has 1 aromatic carbocycles. The fraction of sp³-hybridized carbons (Fsp3) is 0.500. The summed E-state index contributed by atoms with van der Waals surface area (Å²) in [6.45, 7) is 1.64. The molecule has 1 aromatic heterocycles. The minimum atomic E-state index is -0.820. The lowest BCUT2D eigenvalue weighted by Crippen LogP contribution is -2.50. The smallest absolute Gasteiger partial charge is 0.341 e. The number of halogens is 1. The molecule has 4 aliphatic rings. The molecule has 0 unspecified atom stereocenters. The van der Waals surface area contributed by atoms with Crippen LogP contribution in [-0.2, 0) is 21.6 Å². The standard InChI is InChI=1S/C28H30FN5O3/c1-34-8-6-28(7-9-34)22-13-24(31-15-21(22)27(36)37-28)17-3-2-16(23(29)12-17)10-20(14-30)33-26(35)25-18-4-5-19(11-18)32-25/h2-3,12-13,15,18-20,25,32H,4-11H2,1H3,(H,33,35)/t18-,19+,20-,25-/m0/s1. The Labute approximate surface area is 215 Å². The SMILES string of the molecule is CN1CCC2(CC1)OC(=O)c1cnc(-c3ccc(C[C@@H](C#N)NC(=O)[C@H]4N[C@@H]5CC[C@H]4C5)c(F)c3)cc12. The normalized spacial score (nSPS) is 26.5. The number of esters is 1. The number of benzene rings is 1. The molecule has 4 atom stereocenters. The average Bonchev–Trinajstić information content (AvgIpc) is 3.60. The molecule has 2 N–H and O–H groups in total. The van der Waals surface area contributed by atoms with Gasteiger partial charge < -0.3 is 20.3 Å². The number of piperidine rings is 2. The second-order valence-corrected chi connectivity index (χ2v) is 10.9. The van der Waals surface area contributed by atoms with Crippen molar-refractivity contribution in [3.8, 4) is 17.3 Å². The van der Waals surface area contributed by atoms with Crippen molar-refractivity contribution in [2.45, 2.75) is 62.3 Å². The molecule has 3 fully saturated rings. The molecule has 9 heteroatoms. The zero-order valence-corrected chi connectivity index (χ0v) is 20.8.